The minimum Gasteiger partial charge on any atom is -0.473 e. The lowest BCUT2D eigenvalue weighted by Crippen LogP contribution is -1.69. The Balaban J connectivity index is 0.000000127. The van der Waals surface area contributed by atoms with Gasteiger partial charge in [-0.3, -0.25) is 4.98 Å². The van der Waals surface area contributed by atoms with E-state index in [0.29, 0.717) is 0 Å². The molecule has 0 aliphatic carbocycles. The van der Waals surface area contributed by atoms with E-state index in [1.165, 1.54) is 5.56 Å². The Morgan fingerprint density at radius 1 is 1.17 bits per heavy atom. The molecule has 0 aliphatic heterocycles. The van der Waals surface area contributed by atoms with E-state index < -0.39 is 0 Å². The van der Waals surface area contributed by atoms with Gasteiger partial charge >= 0.3 is 0 Å². The van der Waals surface area contributed by atoms with Crippen molar-refractivity contribution in [2.24, 2.45) is 0 Å². The average Bonchev–Trinajstić information content (AvgIpc) is 2.62. The minimum absolute atomic E-state index is 1.21. The smallest absolute Gasteiger partial charge is 0.0902 e. The molecule has 0 amide bonds. The minimum atomic E-state index is 1.21. The third-order valence-corrected chi connectivity index (χ3v) is 1.23. The van der Waals surface area contributed by atoms with Crippen LogP contribution in [0.5, 0.6) is 0 Å². The van der Waals surface area contributed by atoms with Crippen molar-refractivity contribution in [2.75, 3.05) is 0 Å². The zero-order valence-electron chi connectivity index (χ0n) is 6.97. The van der Waals surface area contributed by atoms with Gasteiger partial charge in [-0.15, -0.1) is 0 Å². The van der Waals surface area contributed by atoms with Gasteiger partial charge in [0, 0.05) is 12.4 Å². The molecule has 0 unspecified atom stereocenters. The van der Waals surface area contributed by atoms with Gasteiger partial charge in [0.15, 0.2) is 0 Å². The van der Waals surface area contributed by atoms with Crippen LogP contribution in [0.15, 0.2) is 53.6 Å². The predicted octanol–water partition coefficient (Wildman–Crippen LogP) is 2.67. The van der Waals surface area contributed by atoms with Gasteiger partial charge < -0.3 is 4.42 Å². The summed E-state index contributed by atoms with van der Waals surface area (Å²) in [4.78, 5) is 3.88. The summed E-state index contributed by atoms with van der Waals surface area (Å²) in [5, 5.41) is 0. The molecule has 0 spiro atoms. The highest BCUT2D eigenvalue weighted by atomic mass is 16.3. The molecule has 2 nitrogen and oxygen atoms in total. The first-order chi connectivity index (χ1) is 5.89. The van der Waals surface area contributed by atoms with E-state index in [9.17, 15) is 0 Å². The number of nitrogens with zero attached hydrogens (tertiary/aromatic N) is 1. The second kappa shape index (κ2) is 5.13. The van der Waals surface area contributed by atoms with Gasteiger partial charge in [0.1, 0.15) is 0 Å². The average molecular weight is 161 g/mol. The number of hydrogen-bond acceptors (Lipinski definition) is 2. The summed E-state index contributed by atoms with van der Waals surface area (Å²) in [7, 11) is 0. The van der Waals surface area contributed by atoms with Crippen LogP contribution < -0.4 is 0 Å². The molecule has 0 radical (unpaired) electrons. The number of aromatic nitrogens is 1. The lowest BCUT2D eigenvalue weighted by atomic mass is 10.3. The zero-order valence-corrected chi connectivity index (χ0v) is 6.97. The molecule has 0 saturated carbocycles. The van der Waals surface area contributed by atoms with E-state index in [1.807, 2.05) is 37.4 Å². The van der Waals surface area contributed by atoms with Crippen molar-refractivity contribution in [3.05, 3.63) is 54.7 Å². The summed E-state index contributed by atoms with van der Waals surface area (Å²) < 4.78 is 4.58. The first kappa shape index (κ1) is 8.53. The predicted molar refractivity (Wildman–Crippen MR) is 47.7 cm³/mol. The van der Waals surface area contributed by atoms with Crippen LogP contribution in [-0.4, -0.2) is 4.98 Å². The van der Waals surface area contributed by atoms with Crippen LogP contribution in [0.3, 0.4) is 0 Å². The Morgan fingerprint density at radius 2 is 1.92 bits per heavy atom. The van der Waals surface area contributed by atoms with Crippen LogP contribution in [0.1, 0.15) is 5.56 Å². The van der Waals surface area contributed by atoms with Gasteiger partial charge in [0.25, 0.3) is 0 Å². The van der Waals surface area contributed by atoms with E-state index in [2.05, 4.69) is 9.40 Å². The molecular formula is C10H11NO. The van der Waals surface area contributed by atoms with Gasteiger partial charge in [-0.2, -0.15) is 0 Å². The standard InChI is InChI=1S/C6H7N.C4H4O/c1-6-3-2-4-7-5-6;1-2-4-5-3-1/h2-5H,1H3;1-4H. The van der Waals surface area contributed by atoms with Crippen molar-refractivity contribution in [2.45, 2.75) is 6.92 Å². The summed E-state index contributed by atoms with van der Waals surface area (Å²) >= 11 is 0. The number of pyridine rings is 1. The number of hydrogen-bond donors (Lipinski definition) is 0. The van der Waals surface area contributed by atoms with Gasteiger partial charge in [-0.25, -0.2) is 0 Å². The van der Waals surface area contributed by atoms with Crippen LogP contribution in [0.4, 0.5) is 0 Å². The van der Waals surface area contributed by atoms with Crippen molar-refractivity contribution in [3.63, 3.8) is 0 Å². The summed E-state index contributed by atoms with van der Waals surface area (Å²) in [6.07, 6.45) is 6.85. The van der Waals surface area contributed by atoms with Crippen LogP contribution in [0, 0.1) is 6.92 Å². The van der Waals surface area contributed by atoms with E-state index >= 15 is 0 Å². The molecule has 2 aromatic rings. The first-order valence-electron chi connectivity index (χ1n) is 3.73. The van der Waals surface area contributed by atoms with Gasteiger partial charge in [-0.05, 0) is 30.7 Å². The van der Waals surface area contributed by atoms with Crippen molar-refractivity contribution in [1.29, 1.82) is 0 Å². The van der Waals surface area contributed by atoms with E-state index in [0.717, 1.165) is 0 Å². The second-order valence-electron chi connectivity index (χ2n) is 2.32. The van der Waals surface area contributed by atoms with Gasteiger partial charge in [0.2, 0.25) is 0 Å². The molecule has 0 saturated heterocycles. The third-order valence-electron chi connectivity index (χ3n) is 1.23. The maximum atomic E-state index is 4.58. The zero-order chi connectivity index (χ0) is 8.65. The second-order valence-corrected chi connectivity index (χ2v) is 2.32. The molecule has 2 rings (SSSR count). The maximum absolute atomic E-state index is 4.58. The van der Waals surface area contributed by atoms with Crippen molar-refractivity contribution in [3.8, 4) is 0 Å². The molecule has 0 aromatic carbocycles. The van der Waals surface area contributed by atoms with Gasteiger partial charge in [0.05, 0.1) is 12.5 Å². The summed E-state index contributed by atoms with van der Waals surface area (Å²) in [6, 6.07) is 7.61. The Morgan fingerprint density at radius 3 is 2.17 bits per heavy atom. The van der Waals surface area contributed by atoms with Crippen molar-refractivity contribution >= 4 is 0 Å². The number of furan rings is 1. The van der Waals surface area contributed by atoms with Crippen LogP contribution in [0.2, 0.25) is 0 Å². The molecule has 0 N–H and O–H groups in total. The SMILES string of the molecule is Cc1cccnc1.c1ccoc1. The highest BCUT2D eigenvalue weighted by Crippen LogP contribution is 1.88. The summed E-state index contributed by atoms with van der Waals surface area (Å²) in [5.74, 6) is 0. The molecule has 0 atom stereocenters. The van der Waals surface area contributed by atoms with E-state index in [-0.39, 0.29) is 0 Å². The Hall–Kier alpha value is -1.57. The maximum Gasteiger partial charge on any atom is 0.0902 e. The molecule has 12 heavy (non-hydrogen) atoms. The molecule has 2 heterocycles. The lowest BCUT2D eigenvalue weighted by molar-refractivity contribution is 0.567. The third kappa shape index (κ3) is 3.56. The fraction of sp³-hybridized carbons (Fsp3) is 0.100. The normalized spacial score (nSPS) is 8.42. The molecule has 2 aromatic heterocycles. The lowest BCUT2D eigenvalue weighted by Gasteiger charge is -1.82. The van der Waals surface area contributed by atoms with Crippen LogP contribution >= 0.6 is 0 Å². The van der Waals surface area contributed by atoms with Crippen molar-refractivity contribution < 1.29 is 4.42 Å². The number of rotatable bonds is 0. The number of aryl methyl sites for hydroxylation is 1. The molecule has 62 valence electrons. The summed E-state index contributed by atoms with van der Waals surface area (Å²) in [6.45, 7) is 2.02. The molecule has 0 aliphatic rings. The Labute approximate surface area is 71.9 Å². The molecular weight excluding hydrogens is 150 g/mol. The Kier molecular flexibility index (Phi) is 3.64. The summed E-state index contributed by atoms with van der Waals surface area (Å²) in [5.41, 5.74) is 1.21. The van der Waals surface area contributed by atoms with Crippen LogP contribution in [-0.2, 0) is 0 Å². The van der Waals surface area contributed by atoms with Gasteiger partial charge in [-0.1, -0.05) is 6.07 Å². The van der Waals surface area contributed by atoms with Crippen molar-refractivity contribution in [1.82, 2.24) is 4.98 Å². The monoisotopic (exact) mass is 161 g/mol. The largest absolute Gasteiger partial charge is 0.473 e. The fourth-order valence-electron chi connectivity index (χ4n) is 0.675. The van der Waals surface area contributed by atoms with E-state index in [4.69, 9.17) is 0 Å². The molecule has 0 bridgehead atoms. The quantitative estimate of drug-likeness (QED) is 0.593. The molecule has 2 heteroatoms. The Bertz CT molecular complexity index is 259. The van der Waals surface area contributed by atoms with Crippen LogP contribution in [0.25, 0.3) is 0 Å². The molecule has 0 fully saturated rings. The first-order valence-corrected chi connectivity index (χ1v) is 3.73. The highest BCUT2D eigenvalue weighted by Gasteiger charge is 1.73. The topological polar surface area (TPSA) is 26.0 Å². The van der Waals surface area contributed by atoms with E-state index in [1.54, 1.807) is 18.7 Å². The fourth-order valence-corrected chi connectivity index (χ4v) is 0.675. The highest BCUT2D eigenvalue weighted by molar-refractivity contribution is 5.04.